The third-order valence-electron chi connectivity index (χ3n) is 4.95. The first-order valence-electron chi connectivity index (χ1n) is 8.91. The van der Waals surface area contributed by atoms with Crippen molar-refractivity contribution in [3.05, 3.63) is 50.0 Å². The van der Waals surface area contributed by atoms with Gasteiger partial charge in [0.2, 0.25) is 0 Å². The van der Waals surface area contributed by atoms with Crippen LogP contribution in [0.5, 0.6) is 0 Å². The highest BCUT2D eigenvalue weighted by Gasteiger charge is 2.31. The van der Waals surface area contributed by atoms with Gasteiger partial charge in [-0.05, 0) is 32.6 Å². The minimum atomic E-state index is -0.120. The molecular weight excluding hydrogens is 350 g/mol. The molecule has 1 fully saturated rings. The van der Waals surface area contributed by atoms with E-state index >= 15 is 0 Å². The van der Waals surface area contributed by atoms with Gasteiger partial charge in [-0.2, -0.15) is 0 Å². The van der Waals surface area contributed by atoms with Crippen molar-refractivity contribution >= 4 is 22.9 Å². The van der Waals surface area contributed by atoms with Crippen LogP contribution in [-0.2, 0) is 6.42 Å². The summed E-state index contributed by atoms with van der Waals surface area (Å²) in [6.45, 7) is 4.55. The van der Waals surface area contributed by atoms with Crippen molar-refractivity contribution in [1.29, 1.82) is 0 Å². The largest absolute Gasteiger partial charge is 0.329 e. The van der Waals surface area contributed by atoms with E-state index in [4.69, 9.17) is 0 Å². The van der Waals surface area contributed by atoms with Crippen molar-refractivity contribution in [2.24, 2.45) is 0 Å². The molecule has 3 aromatic heterocycles. The lowest BCUT2D eigenvalue weighted by atomic mass is 9.99. The van der Waals surface area contributed by atoms with Crippen LogP contribution in [0.1, 0.15) is 59.0 Å². The number of amides is 1. The van der Waals surface area contributed by atoms with Gasteiger partial charge >= 0.3 is 0 Å². The Kier molecular flexibility index (Phi) is 4.36. The fourth-order valence-corrected chi connectivity index (χ4v) is 4.30. The second-order valence-electron chi connectivity index (χ2n) is 6.62. The van der Waals surface area contributed by atoms with Crippen LogP contribution in [0, 0.1) is 6.92 Å². The van der Waals surface area contributed by atoms with Crippen molar-refractivity contribution in [2.45, 2.75) is 45.6 Å². The number of piperidine rings is 1. The van der Waals surface area contributed by atoms with Crippen LogP contribution in [0.3, 0.4) is 0 Å². The zero-order valence-corrected chi connectivity index (χ0v) is 15.7. The van der Waals surface area contributed by atoms with Crippen molar-refractivity contribution in [3.8, 4) is 0 Å². The molecule has 7 nitrogen and oxygen atoms in total. The summed E-state index contributed by atoms with van der Waals surface area (Å²) in [5, 5.41) is 3.17. The second kappa shape index (κ2) is 6.68. The number of rotatable bonds is 3. The molecule has 8 heteroatoms. The Bertz CT molecular complexity index is 1020. The van der Waals surface area contributed by atoms with E-state index in [0.29, 0.717) is 23.5 Å². The van der Waals surface area contributed by atoms with Gasteiger partial charge in [0.1, 0.15) is 4.88 Å². The molecule has 0 radical (unpaired) electrons. The number of thiazole rings is 1. The first-order valence-corrected chi connectivity index (χ1v) is 9.79. The summed E-state index contributed by atoms with van der Waals surface area (Å²) >= 11 is 1.38. The molecule has 136 valence electrons. The highest BCUT2D eigenvalue weighted by molar-refractivity contribution is 7.11. The Morgan fingerprint density at radius 2 is 2.23 bits per heavy atom. The summed E-state index contributed by atoms with van der Waals surface area (Å²) in [5.41, 5.74) is 4.60. The summed E-state index contributed by atoms with van der Waals surface area (Å²) in [6, 6.07) is 3.37. The van der Waals surface area contributed by atoms with Crippen molar-refractivity contribution in [2.75, 3.05) is 6.54 Å². The second-order valence-corrected chi connectivity index (χ2v) is 7.48. The summed E-state index contributed by atoms with van der Waals surface area (Å²) in [7, 11) is 0. The van der Waals surface area contributed by atoms with Gasteiger partial charge in [0.25, 0.3) is 11.5 Å². The highest BCUT2D eigenvalue weighted by atomic mass is 32.1. The van der Waals surface area contributed by atoms with E-state index in [9.17, 15) is 9.59 Å². The molecule has 0 aliphatic carbocycles. The van der Waals surface area contributed by atoms with Crippen molar-refractivity contribution < 1.29 is 4.79 Å². The highest BCUT2D eigenvalue weighted by Crippen LogP contribution is 2.32. The number of likely N-dealkylation sites (tertiary alicyclic amines) is 1. The number of carbonyl (C=O) groups is 1. The first kappa shape index (κ1) is 17.0. The molecule has 1 N–H and O–H groups in total. The lowest BCUT2D eigenvalue weighted by Gasteiger charge is -2.34. The lowest BCUT2D eigenvalue weighted by Crippen LogP contribution is -2.38. The molecule has 0 bridgehead atoms. The third-order valence-corrected chi connectivity index (χ3v) is 5.86. The molecule has 1 amide bonds. The minimum Gasteiger partial charge on any atom is -0.329 e. The number of aromatic nitrogens is 4. The van der Waals surface area contributed by atoms with Crippen molar-refractivity contribution in [3.63, 3.8) is 0 Å². The number of hydrogen-bond donors (Lipinski definition) is 1. The average molecular weight is 371 g/mol. The summed E-state index contributed by atoms with van der Waals surface area (Å²) in [4.78, 5) is 36.7. The predicted molar refractivity (Wildman–Crippen MR) is 99.7 cm³/mol. The zero-order chi connectivity index (χ0) is 18.3. The molecule has 1 aliphatic rings. The third kappa shape index (κ3) is 2.84. The van der Waals surface area contributed by atoms with Gasteiger partial charge < -0.3 is 4.90 Å². The van der Waals surface area contributed by atoms with Crippen LogP contribution in [0.2, 0.25) is 0 Å². The van der Waals surface area contributed by atoms with Crippen LogP contribution in [0.4, 0.5) is 0 Å². The number of aryl methyl sites for hydroxylation is 2. The number of carbonyl (C=O) groups excluding carboxylic acids is 1. The van der Waals surface area contributed by atoms with E-state index in [2.05, 4.69) is 15.1 Å². The fourth-order valence-electron chi connectivity index (χ4n) is 3.55. The van der Waals surface area contributed by atoms with E-state index in [1.165, 1.54) is 15.9 Å². The number of H-pyrrole nitrogens is 1. The number of hydrogen-bond acceptors (Lipinski definition) is 5. The topological polar surface area (TPSA) is 83.4 Å². The predicted octanol–water partition coefficient (Wildman–Crippen LogP) is 2.72. The van der Waals surface area contributed by atoms with Gasteiger partial charge in [0.15, 0.2) is 5.65 Å². The Balaban J connectivity index is 1.73. The SMILES string of the molecule is CCc1cc(=O)n2[nH]c(C3CCCCN3C(=O)c3scnc3C)cc2n1. The van der Waals surface area contributed by atoms with Gasteiger partial charge in [-0.1, -0.05) is 6.92 Å². The standard InChI is InChI=1S/C18H21N5O2S/c1-3-12-8-16(24)23-15(20-12)9-13(21-23)14-6-4-5-7-22(14)18(25)17-11(2)19-10-26-17/h8-10,14,21H,3-7H2,1-2H3. The maximum Gasteiger partial charge on any atom is 0.272 e. The van der Waals surface area contributed by atoms with Crippen LogP contribution in [0.15, 0.2) is 22.4 Å². The van der Waals surface area contributed by atoms with Gasteiger partial charge in [-0.25, -0.2) is 14.5 Å². The van der Waals surface area contributed by atoms with Crippen LogP contribution >= 0.6 is 11.3 Å². The number of aromatic amines is 1. The molecule has 4 heterocycles. The van der Waals surface area contributed by atoms with Gasteiger partial charge in [-0.15, -0.1) is 11.3 Å². The summed E-state index contributed by atoms with van der Waals surface area (Å²) < 4.78 is 1.46. The Morgan fingerprint density at radius 1 is 1.38 bits per heavy atom. The lowest BCUT2D eigenvalue weighted by molar-refractivity contribution is 0.0610. The maximum atomic E-state index is 13.0. The molecule has 1 saturated heterocycles. The Morgan fingerprint density at radius 3 is 2.96 bits per heavy atom. The maximum absolute atomic E-state index is 13.0. The van der Waals surface area contributed by atoms with E-state index < -0.39 is 0 Å². The normalized spacial score (nSPS) is 17.8. The van der Waals surface area contributed by atoms with E-state index in [1.807, 2.05) is 24.8 Å². The van der Waals surface area contributed by atoms with E-state index in [-0.39, 0.29) is 17.5 Å². The average Bonchev–Trinajstić information content (AvgIpc) is 3.27. The fraction of sp³-hybridized carbons (Fsp3) is 0.444. The van der Waals surface area contributed by atoms with Gasteiger partial charge in [0.05, 0.1) is 22.9 Å². The monoisotopic (exact) mass is 371 g/mol. The van der Waals surface area contributed by atoms with Crippen LogP contribution in [-0.4, -0.2) is 36.9 Å². The number of nitrogens with zero attached hydrogens (tertiary/aromatic N) is 4. The molecule has 1 unspecified atom stereocenters. The molecule has 0 spiro atoms. The molecule has 0 saturated carbocycles. The number of fused-ring (bicyclic) bond motifs is 1. The van der Waals surface area contributed by atoms with E-state index in [1.54, 1.807) is 11.6 Å². The molecule has 4 rings (SSSR count). The first-order chi connectivity index (χ1) is 12.6. The molecule has 1 atom stereocenters. The molecule has 26 heavy (non-hydrogen) atoms. The van der Waals surface area contributed by atoms with Gasteiger partial charge in [0, 0.05) is 24.4 Å². The molecule has 0 aromatic carbocycles. The van der Waals surface area contributed by atoms with Crippen LogP contribution < -0.4 is 5.56 Å². The smallest absolute Gasteiger partial charge is 0.272 e. The molecule has 1 aliphatic heterocycles. The van der Waals surface area contributed by atoms with Crippen LogP contribution in [0.25, 0.3) is 5.65 Å². The minimum absolute atomic E-state index is 0.0166. The summed E-state index contributed by atoms with van der Waals surface area (Å²) in [5.74, 6) is 0.0166. The van der Waals surface area contributed by atoms with Gasteiger partial charge in [-0.3, -0.25) is 14.7 Å². The Hall–Kier alpha value is -2.48. The van der Waals surface area contributed by atoms with Crippen molar-refractivity contribution in [1.82, 2.24) is 24.5 Å². The molecule has 3 aromatic rings. The molecular formula is C18H21N5O2S. The zero-order valence-electron chi connectivity index (χ0n) is 14.9. The Labute approximate surface area is 154 Å². The van der Waals surface area contributed by atoms with E-state index in [0.717, 1.165) is 36.3 Å². The quantitative estimate of drug-likeness (QED) is 0.767. The number of nitrogens with one attached hydrogen (secondary N) is 1. The summed E-state index contributed by atoms with van der Waals surface area (Å²) in [6.07, 6.45) is 3.61.